The van der Waals surface area contributed by atoms with Gasteiger partial charge in [0.15, 0.2) is 0 Å². The Hall–Kier alpha value is -1.85. The van der Waals surface area contributed by atoms with E-state index in [1.54, 1.807) is 9.58 Å². The maximum absolute atomic E-state index is 12.6. The molecule has 0 radical (unpaired) electrons. The van der Waals surface area contributed by atoms with Gasteiger partial charge in [-0.25, -0.2) is 0 Å². The number of hydrogen-bond donors (Lipinski definition) is 1. The fraction of sp³-hybridized carbons (Fsp3) is 0.667. The number of aryl methyl sites for hydroxylation is 2. The smallest absolute Gasteiger partial charge is 0.245 e. The van der Waals surface area contributed by atoms with Crippen LogP contribution in [0.4, 0.5) is 0 Å². The van der Waals surface area contributed by atoms with Crippen LogP contribution in [0.1, 0.15) is 38.1 Å². The molecule has 1 N–H and O–H groups in total. The van der Waals surface area contributed by atoms with E-state index in [2.05, 4.69) is 24.3 Å². The number of nitrogens with one attached hydrogen (secondary N) is 1. The number of carbonyl (C=O) groups is 2. The third kappa shape index (κ3) is 3.83. The monoisotopic (exact) mass is 292 g/mol. The molecule has 1 saturated heterocycles. The summed E-state index contributed by atoms with van der Waals surface area (Å²) in [6, 6.07) is 1.57. The normalized spacial score (nSPS) is 19.9. The highest BCUT2D eigenvalue weighted by atomic mass is 16.2. The van der Waals surface area contributed by atoms with Gasteiger partial charge in [0, 0.05) is 20.0 Å². The lowest BCUT2D eigenvalue weighted by molar-refractivity contribution is -0.134. The van der Waals surface area contributed by atoms with Crippen molar-refractivity contribution in [3.8, 4) is 0 Å². The molecule has 0 aromatic carbocycles. The molecule has 21 heavy (non-hydrogen) atoms. The Morgan fingerprint density at radius 2 is 2.14 bits per heavy atom. The van der Waals surface area contributed by atoms with Crippen LogP contribution in [-0.2, 0) is 23.2 Å². The van der Waals surface area contributed by atoms with E-state index < -0.39 is 6.04 Å². The van der Waals surface area contributed by atoms with Gasteiger partial charge < -0.3 is 10.2 Å². The molecule has 6 heteroatoms. The van der Waals surface area contributed by atoms with Crippen LogP contribution < -0.4 is 5.32 Å². The molecule has 116 valence electrons. The Balaban J connectivity index is 2.15. The Morgan fingerprint density at radius 1 is 1.43 bits per heavy atom. The fourth-order valence-electron chi connectivity index (χ4n) is 2.69. The first-order chi connectivity index (χ1) is 9.86. The quantitative estimate of drug-likeness (QED) is 0.900. The maximum Gasteiger partial charge on any atom is 0.245 e. The summed E-state index contributed by atoms with van der Waals surface area (Å²) in [4.78, 5) is 26.2. The average molecular weight is 292 g/mol. The van der Waals surface area contributed by atoms with Gasteiger partial charge >= 0.3 is 0 Å². The predicted octanol–water partition coefficient (Wildman–Crippen LogP) is 0.992. The summed E-state index contributed by atoms with van der Waals surface area (Å²) in [6.45, 7) is 7.00. The van der Waals surface area contributed by atoms with Crippen LogP contribution in [-0.4, -0.2) is 39.1 Å². The van der Waals surface area contributed by atoms with E-state index in [0.29, 0.717) is 31.8 Å². The third-order valence-corrected chi connectivity index (χ3v) is 3.71. The summed E-state index contributed by atoms with van der Waals surface area (Å²) in [6.07, 6.45) is 1.03. The summed E-state index contributed by atoms with van der Waals surface area (Å²) >= 11 is 0. The van der Waals surface area contributed by atoms with Crippen LogP contribution in [0.15, 0.2) is 6.07 Å². The number of nitrogens with zero attached hydrogens (tertiary/aromatic N) is 3. The van der Waals surface area contributed by atoms with Crippen molar-refractivity contribution in [2.45, 2.75) is 46.2 Å². The van der Waals surface area contributed by atoms with Gasteiger partial charge in [-0.15, -0.1) is 0 Å². The summed E-state index contributed by atoms with van der Waals surface area (Å²) in [7, 11) is 1.87. The number of aromatic nitrogens is 2. The molecule has 1 aliphatic heterocycles. The first kappa shape index (κ1) is 15.5. The minimum atomic E-state index is -0.408. The van der Waals surface area contributed by atoms with Gasteiger partial charge in [0.05, 0.1) is 17.9 Å². The van der Waals surface area contributed by atoms with Crippen molar-refractivity contribution in [3.63, 3.8) is 0 Å². The van der Waals surface area contributed by atoms with Crippen molar-refractivity contribution >= 4 is 11.8 Å². The molecule has 1 atom stereocenters. The molecule has 1 fully saturated rings. The largest absolute Gasteiger partial charge is 0.344 e. The molecule has 0 bridgehead atoms. The van der Waals surface area contributed by atoms with Crippen molar-refractivity contribution in [2.75, 3.05) is 6.54 Å². The topological polar surface area (TPSA) is 67.2 Å². The molecule has 2 heterocycles. The lowest BCUT2D eigenvalue weighted by Crippen LogP contribution is -2.45. The van der Waals surface area contributed by atoms with Crippen LogP contribution in [0.25, 0.3) is 0 Å². The lowest BCUT2D eigenvalue weighted by Gasteiger charge is -2.24. The van der Waals surface area contributed by atoms with Crippen LogP contribution in [0.2, 0.25) is 0 Å². The van der Waals surface area contributed by atoms with Gasteiger partial charge in [0.1, 0.15) is 6.04 Å². The van der Waals surface area contributed by atoms with E-state index >= 15 is 0 Å². The molecule has 6 nitrogen and oxygen atoms in total. The van der Waals surface area contributed by atoms with E-state index in [9.17, 15) is 9.59 Å². The van der Waals surface area contributed by atoms with E-state index in [0.717, 1.165) is 11.4 Å². The van der Waals surface area contributed by atoms with Crippen molar-refractivity contribution in [1.82, 2.24) is 20.0 Å². The highest BCUT2D eigenvalue weighted by Crippen LogP contribution is 2.15. The number of amides is 2. The maximum atomic E-state index is 12.6. The van der Waals surface area contributed by atoms with Crippen LogP contribution in [0.3, 0.4) is 0 Å². The zero-order valence-corrected chi connectivity index (χ0v) is 13.2. The second kappa shape index (κ2) is 6.28. The van der Waals surface area contributed by atoms with E-state index in [1.165, 1.54) is 0 Å². The zero-order chi connectivity index (χ0) is 15.6. The van der Waals surface area contributed by atoms with Crippen molar-refractivity contribution in [3.05, 3.63) is 17.5 Å². The summed E-state index contributed by atoms with van der Waals surface area (Å²) < 4.78 is 1.79. The van der Waals surface area contributed by atoms with Crippen LogP contribution in [0.5, 0.6) is 0 Å². The Labute approximate surface area is 125 Å². The fourth-order valence-corrected chi connectivity index (χ4v) is 2.69. The molecule has 1 aromatic heterocycles. The third-order valence-electron chi connectivity index (χ3n) is 3.71. The van der Waals surface area contributed by atoms with Gasteiger partial charge in [-0.1, -0.05) is 13.8 Å². The van der Waals surface area contributed by atoms with Gasteiger partial charge in [0.2, 0.25) is 11.8 Å². The molecule has 1 aromatic rings. The average Bonchev–Trinajstić information content (AvgIpc) is 2.63. The van der Waals surface area contributed by atoms with Gasteiger partial charge in [-0.05, 0) is 25.3 Å². The standard InChI is InChI=1S/C15H24N4O2/c1-10(2)7-13-15(21)19(6-5-14(20)16-13)9-12-8-11(3)17-18(12)4/h8,10,13H,5-7,9H2,1-4H3,(H,16,20). The zero-order valence-electron chi connectivity index (χ0n) is 13.2. The number of carbonyl (C=O) groups excluding carboxylic acids is 2. The first-order valence-electron chi connectivity index (χ1n) is 7.44. The molecular weight excluding hydrogens is 268 g/mol. The molecule has 0 saturated carbocycles. The molecule has 2 amide bonds. The van der Waals surface area contributed by atoms with Crippen LogP contribution in [0, 0.1) is 12.8 Å². The summed E-state index contributed by atoms with van der Waals surface area (Å²) in [5, 5.41) is 7.15. The Kier molecular flexibility index (Phi) is 4.65. The molecular formula is C15H24N4O2. The first-order valence-corrected chi connectivity index (χ1v) is 7.44. The van der Waals surface area contributed by atoms with Gasteiger partial charge in [-0.2, -0.15) is 5.10 Å². The molecule has 1 unspecified atom stereocenters. The highest BCUT2D eigenvalue weighted by molar-refractivity contribution is 5.89. The molecule has 1 aliphatic rings. The molecule has 0 spiro atoms. The number of rotatable bonds is 4. The van der Waals surface area contributed by atoms with Crippen molar-refractivity contribution in [1.29, 1.82) is 0 Å². The number of hydrogen-bond acceptors (Lipinski definition) is 3. The summed E-state index contributed by atoms with van der Waals surface area (Å²) in [5.41, 5.74) is 1.92. The Bertz CT molecular complexity index is 536. The Morgan fingerprint density at radius 3 is 2.71 bits per heavy atom. The molecule has 2 rings (SSSR count). The summed E-state index contributed by atoms with van der Waals surface area (Å²) in [5.74, 6) is 0.323. The molecule has 0 aliphatic carbocycles. The lowest BCUT2D eigenvalue weighted by atomic mass is 10.0. The second-order valence-corrected chi connectivity index (χ2v) is 6.16. The van der Waals surface area contributed by atoms with Gasteiger partial charge in [0.25, 0.3) is 0 Å². The van der Waals surface area contributed by atoms with Crippen LogP contribution >= 0.6 is 0 Å². The van der Waals surface area contributed by atoms with Crippen molar-refractivity contribution < 1.29 is 9.59 Å². The SMILES string of the molecule is Cc1cc(CN2CCC(=O)NC(CC(C)C)C2=O)n(C)n1. The van der Waals surface area contributed by atoms with Crippen molar-refractivity contribution in [2.24, 2.45) is 13.0 Å². The van der Waals surface area contributed by atoms with E-state index in [-0.39, 0.29) is 11.8 Å². The minimum absolute atomic E-state index is 0.00778. The highest BCUT2D eigenvalue weighted by Gasteiger charge is 2.30. The minimum Gasteiger partial charge on any atom is -0.344 e. The second-order valence-electron chi connectivity index (χ2n) is 6.16. The predicted molar refractivity (Wildman–Crippen MR) is 79.4 cm³/mol. The van der Waals surface area contributed by atoms with E-state index in [1.807, 2.05) is 20.0 Å². The van der Waals surface area contributed by atoms with Gasteiger partial charge in [-0.3, -0.25) is 14.3 Å². The van der Waals surface area contributed by atoms with E-state index in [4.69, 9.17) is 0 Å².